The Morgan fingerprint density at radius 2 is 1.67 bits per heavy atom. The Morgan fingerprint density at radius 1 is 1.03 bits per heavy atom. The minimum absolute atomic E-state index is 0.362. The molecular weight excluding hydrogens is 414 g/mol. The molecule has 5 nitrogen and oxygen atoms in total. The summed E-state index contributed by atoms with van der Waals surface area (Å²) in [6, 6.07) is 13.7. The average Bonchev–Trinajstić information content (AvgIpc) is 2.75. The smallest absolute Gasteiger partial charge is 0.243 e. The normalized spacial score (nSPS) is 16.3. The van der Waals surface area contributed by atoms with E-state index in [0.717, 1.165) is 23.2 Å². The van der Waals surface area contributed by atoms with Gasteiger partial charge in [-0.3, -0.25) is 0 Å². The molecule has 3 rings (SSSR count). The Labute approximate surface area is 186 Å². The molecule has 0 saturated carbocycles. The third-order valence-electron chi connectivity index (χ3n) is 5.99. The van der Waals surface area contributed by atoms with Crippen molar-refractivity contribution in [1.29, 1.82) is 0 Å². The van der Waals surface area contributed by atoms with Crippen molar-refractivity contribution in [2.75, 3.05) is 31.5 Å². The van der Waals surface area contributed by atoms with Crippen LogP contribution in [0.25, 0.3) is 0 Å². The lowest BCUT2D eigenvalue weighted by Crippen LogP contribution is -2.51. The van der Waals surface area contributed by atoms with Crippen LogP contribution in [-0.2, 0) is 10.0 Å². The molecule has 0 unspecified atom stereocenters. The zero-order valence-corrected chi connectivity index (χ0v) is 19.8. The van der Waals surface area contributed by atoms with Crippen molar-refractivity contribution >= 4 is 33.0 Å². The van der Waals surface area contributed by atoms with Crippen molar-refractivity contribution in [2.45, 2.75) is 44.9 Å². The number of thiocarbonyl (C=S) groups is 1. The van der Waals surface area contributed by atoms with E-state index < -0.39 is 10.0 Å². The van der Waals surface area contributed by atoms with E-state index in [0.29, 0.717) is 42.1 Å². The van der Waals surface area contributed by atoms with Crippen molar-refractivity contribution in [3.8, 4) is 0 Å². The topological polar surface area (TPSA) is 52.6 Å². The fourth-order valence-electron chi connectivity index (χ4n) is 3.49. The fraction of sp³-hybridized carbons (Fsp3) is 0.435. The molecule has 1 N–H and O–H groups in total. The summed E-state index contributed by atoms with van der Waals surface area (Å²) in [4.78, 5) is 2.39. The van der Waals surface area contributed by atoms with Crippen molar-refractivity contribution in [1.82, 2.24) is 9.21 Å². The minimum Gasteiger partial charge on any atom is -0.346 e. The van der Waals surface area contributed by atoms with E-state index in [9.17, 15) is 8.42 Å². The minimum atomic E-state index is -3.48. The lowest BCUT2D eigenvalue weighted by molar-refractivity contribution is 0.268. The van der Waals surface area contributed by atoms with Gasteiger partial charge in [0.25, 0.3) is 0 Å². The van der Waals surface area contributed by atoms with Crippen molar-refractivity contribution in [2.24, 2.45) is 0 Å². The van der Waals surface area contributed by atoms with Gasteiger partial charge in [0.05, 0.1) is 4.90 Å². The second kappa shape index (κ2) is 9.45. The summed E-state index contributed by atoms with van der Waals surface area (Å²) < 4.78 is 27.5. The number of nitrogens with one attached hydrogen (secondary N) is 1. The second-order valence-electron chi connectivity index (χ2n) is 8.00. The first-order valence-corrected chi connectivity index (χ1v) is 12.3. The number of hydrogen-bond acceptors (Lipinski definition) is 3. The molecule has 1 heterocycles. The molecule has 0 aromatic heterocycles. The standard InChI is InChI=1S/C23H31N3O2S2/c1-5-17(2)20-7-9-21(10-8-20)24-23(29)25-12-14-26(15-13-25)30(27,28)22-11-6-18(3)19(4)16-22/h6-11,16-17H,5,12-15H2,1-4H3,(H,24,29)/t17-/m1/s1. The number of piperazine rings is 1. The predicted octanol–water partition coefficient (Wildman–Crippen LogP) is 4.52. The monoisotopic (exact) mass is 445 g/mol. The van der Waals surface area contributed by atoms with Crippen LogP contribution in [0, 0.1) is 13.8 Å². The van der Waals surface area contributed by atoms with E-state index in [1.165, 1.54) is 5.56 Å². The Balaban J connectivity index is 1.59. The number of anilines is 1. The summed E-state index contributed by atoms with van der Waals surface area (Å²) in [6.07, 6.45) is 1.11. The Morgan fingerprint density at radius 3 is 2.23 bits per heavy atom. The SMILES string of the molecule is CC[C@@H](C)c1ccc(NC(=S)N2CCN(S(=O)(=O)c3ccc(C)c(C)c3)CC2)cc1. The quantitative estimate of drug-likeness (QED) is 0.686. The van der Waals surface area contributed by atoms with Crippen LogP contribution < -0.4 is 5.32 Å². The van der Waals surface area contributed by atoms with Gasteiger partial charge in [-0.15, -0.1) is 0 Å². The van der Waals surface area contributed by atoms with Gasteiger partial charge in [0.2, 0.25) is 10.0 Å². The molecule has 1 saturated heterocycles. The largest absolute Gasteiger partial charge is 0.346 e. The van der Waals surface area contributed by atoms with Crippen LogP contribution in [-0.4, -0.2) is 48.9 Å². The van der Waals surface area contributed by atoms with Gasteiger partial charge in [0, 0.05) is 31.9 Å². The zero-order chi connectivity index (χ0) is 21.9. The highest BCUT2D eigenvalue weighted by atomic mass is 32.2. The molecule has 1 atom stereocenters. The van der Waals surface area contributed by atoms with Crippen LogP contribution in [0.1, 0.15) is 42.9 Å². The Bertz CT molecular complexity index is 996. The second-order valence-corrected chi connectivity index (χ2v) is 10.3. The lowest BCUT2D eigenvalue weighted by atomic mass is 9.99. The van der Waals surface area contributed by atoms with Gasteiger partial charge in [0.15, 0.2) is 5.11 Å². The molecule has 30 heavy (non-hydrogen) atoms. The van der Waals surface area contributed by atoms with Gasteiger partial charge in [-0.25, -0.2) is 8.42 Å². The zero-order valence-electron chi connectivity index (χ0n) is 18.2. The van der Waals surface area contributed by atoms with E-state index in [1.54, 1.807) is 16.4 Å². The molecular formula is C23H31N3O2S2. The highest BCUT2D eigenvalue weighted by Gasteiger charge is 2.29. The molecule has 1 aliphatic heterocycles. The predicted molar refractivity (Wildman–Crippen MR) is 128 cm³/mol. The first-order valence-electron chi connectivity index (χ1n) is 10.5. The van der Waals surface area contributed by atoms with Crippen LogP contribution in [0.2, 0.25) is 0 Å². The number of aryl methyl sites for hydroxylation is 2. The van der Waals surface area contributed by atoms with Gasteiger partial charge in [-0.05, 0) is 79.4 Å². The number of sulfonamides is 1. The first-order chi connectivity index (χ1) is 14.2. The van der Waals surface area contributed by atoms with E-state index in [4.69, 9.17) is 12.2 Å². The third kappa shape index (κ3) is 5.02. The van der Waals surface area contributed by atoms with E-state index in [-0.39, 0.29) is 0 Å². The third-order valence-corrected chi connectivity index (χ3v) is 8.24. The molecule has 0 aliphatic carbocycles. The van der Waals surface area contributed by atoms with Gasteiger partial charge in [-0.2, -0.15) is 4.31 Å². The number of rotatable bonds is 5. The van der Waals surface area contributed by atoms with Crippen LogP contribution >= 0.6 is 12.2 Å². The molecule has 0 bridgehead atoms. The molecule has 0 radical (unpaired) electrons. The first kappa shape index (κ1) is 22.7. The molecule has 2 aromatic rings. The maximum Gasteiger partial charge on any atom is 0.243 e. The van der Waals surface area contributed by atoms with Gasteiger partial charge in [0.1, 0.15) is 0 Å². The number of nitrogens with zero attached hydrogens (tertiary/aromatic N) is 2. The van der Waals surface area contributed by atoms with Gasteiger partial charge >= 0.3 is 0 Å². The van der Waals surface area contributed by atoms with E-state index in [1.807, 2.05) is 36.9 Å². The van der Waals surface area contributed by atoms with Crippen molar-refractivity contribution in [3.05, 3.63) is 59.2 Å². The highest BCUT2D eigenvalue weighted by Crippen LogP contribution is 2.22. The average molecular weight is 446 g/mol. The summed E-state index contributed by atoms with van der Waals surface area (Å²) in [6.45, 7) is 10.3. The summed E-state index contributed by atoms with van der Waals surface area (Å²) in [5.74, 6) is 0.540. The summed E-state index contributed by atoms with van der Waals surface area (Å²) in [5.41, 5.74) is 4.35. The summed E-state index contributed by atoms with van der Waals surface area (Å²) >= 11 is 5.57. The summed E-state index contributed by atoms with van der Waals surface area (Å²) in [5, 5.41) is 3.92. The molecule has 0 amide bonds. The van der Waals surface area contributed by atoms with Crippen LogP contribution in [0.4, 0.5) is 5.69 Å². The van der Waals surface area contributed by atoms with E-state index in [2.05, 4.69) is 31.3 Å². The number of benzene rings is 2. The highest BCUT2D eigenvalue weighted by molar-refractivity contribution is 7.89. The maximum absolute atomic E-state index is 13.0. The fourth-order valence-corrected chi connectivity index (χ4v) is 5.30. The van der Waals surface area contributed by atoms with Crippen LogP contribution in [0.5, 0.6) is 0 Å². The molecule has 0 spiro atoms. The Hall–Kier alpha value is -1.96. The van der Waals surface area contributed by atoms with Gasteiger partial charge < -0.3 is 10.2 Å². The molecule has 1 fully saturated rings. The van der Waals surface area contributed by atoms with Gasteiger partial charge in [-0.1, -0.05) is 32.0 Å². The van der Waals surface area contributed by atoms with Crippen molar-refractivity contribution < 1.29 is 8.42 Å². The maximum atomic E-state index is 13.0. The number of hydrogen-bond donors (Lipinski definition) is 1. The molecule has 2 aromatic carbocycles. The van der Waals surface area contributed by atoms with E-state index >= 15 is 0 Å². The van der Waals surface area contributed by atoms with Crippen LogP contribution in [0.3, 0.4) is 0 Å². The summed E-state index contributed by atoms with van der Waals surface area (Å²) in [7, 11) is -3.48. The van der Waals surface area contributed by atoms with Crippen LogP contribution in [0.15, 0.2) is 47.4 Å². The molecule has 162 valence electrons. The molecule has 7 heteroatoms. The molecule has 1 aliphatic rings. The lowest BCUT2D eigenvalue weighted by Gasteiger charge is -2.35. The van der Waals surface area contributed by atoms with Crippen molar-refractivity contribution in [3.63, 3.8) is 0 Å². The Kier molecular flexibility index (Phi) is 7.16.